The van der Waals surface area contributed by atoms with Gasteiger partial charge in [-0.1, -0.05) is 0 Å². The number of methoxy groups -OCH3 is 1. The van der Waals surface area contributed by atoms with Crippen LogP contribution >= 0.6 is 12.4 Å². The van der Waals surface area contributed by atoms with Crippen LogP contribution in [0, 0.1) is 5.92 Å². The van der Waals surface area contributed by atoms with Gasteiger partial charge in [0.1, 0.15) is 5.75 Å². The molecule has 1 aromatic rings. The number of benzene rings is 1. The van der Waals surface area contributed by atoms with Gasteiger partial charge in [0.05, 0.1) is 17.9 Å². The van der Waals surface area contributed by atoms with E-state index in [0.717, 1.165) is 25.9 Å². The van der Waals surface area contributed by atoms with Gasteiger partial charge in [-0.25, -0.2) is 8.42 Å². The zero-order chi connectivity index (χ0) is 17.9. The van der Waals surface area contributed by atoms with Crippen molar-refractivity contribution in [2.75, 3.05) is 46.4 Å². The molecule has 26 heavy (non-hydrogen) atoms. The zero-order valence-corrected chi connectivity index (χ0v) is 16.5. The molecule has 0 radical (unpaired) electrons. The summed E-state index contributed by atoms with van der Waals surface area (Å²) in [6, 6.07) is 6.39. The molecule has 1 N–H and O–H groups in total. The molecule has 9 heteroatoms. The van der Waals surface area contributed by atoms with Gasteiger partial charge in [0.2, 0.25) is 15.9 Å². The number of sulfonamides is 1. The van der Waals surface area contributed by atoms with E-state index < -0.39 is 10.0 Å². The normalized spacial score (nSPS) is 21.7. The fourth-order valence-corrected chi connectivity index (χ4v) is 4.79. The van der Waals surface area contributed by atoms with E-state index in [1.165, 1.54) is 4.31 Å². The average Bonchev–Trinajstić information content (AvgIpc) is 2.68. The number of piperidine rings is 1. The smallest absolute Gasteiger partial charge is 0.243 e. The summed E-state index contributed by atoms with van der Waals surface area (Å²) in [5.41, 5.74) is 0. The maximum Gasteiger partial charge on any atom is 0.243 e. The van der Waals surface area contributed by atoms with Crippen molar-refractivity contribution in [2.45, 2.75) is 17.7 Å². The van der Waals surface area contributed by atoms with Gasteiger partial charge in [-0.15, -0.1) is 12.4 Å². The molecule has 2 aliphatic heterocycles. The lowest BCUT2D eigenvalue weighted by Gasteiger charge is -2.36. The molecule has 2 fully saturated rings. The minimum atomic E-state index is -3.53. The third kappa shape index (κ3) is 4.49. The monoisotopic (exact) mass is 403 g/mol. The number of ether oxygens (including phenoxy) is 1. The standard InChI is InChI=1S/C17H25N3O4S.ClH/c1-24-15-4-6-16(7-5-15)25(22,23)20-11-9-19(10-12-20)17(21)14-3-2-8-18-13-14;/h4-7,14,18H,2-3,8-13H2,1H3;1H. The minimum absolute atomic E-state index is 0. The summed E-state index contributed by atoms with van der Waals surface area (Å²) < 4.78 is 32.0. The highest BCUT2D eigenvalue weighted by Gasteiger charge is 2.32. The summed E-state index contributed by atoms with van der Waals surface area (Å²) in [6.45, 7) is 3.26. The van der Waals surface area contributed by atoms with Crippen LogP contribution < -0.4 is 10.1 Å². The predicted octanol–water partition coefficient (Wildman–Crippen LogP) is 0.949. The Morgan fingerprint density at radius 3 is 2.35 bits per heavy atom. The quantitative estimate of drug-likeness (QED) is 0.809. The Morgan fingerprint density at radius 2 is 1.81 bits per heavy atom. The highest BCUT2D eigenvalue weighted by molar-refractivity contribution is 7.89. The maximum atomic E-state index is 12.7. The van der Waals surface area contributed by atoms with E-state index in [1.54, 1.807) is 36.3 Å². The van der Waals surface area contributed by atoms with Gasteiger partial charge in [0.15, 0.2) is 0 Å². The van der Waals surface area contributed by atoms with Crippen molar-refractivity contribution in [3.8, 4) is 5.75 Å². The van der Waals surface area contributed by atoms with E-state index in [4.69, 9.17) is 4.74 Å². The van der Waals surface area contributed by atoms with E-state index in [9.17, 15) is 13.2 Å². The number of hydrogen-bond donors (Lipinski definition) is 1. The Hall–Kier alpha value is -1.35. The van der Waals surface area contributed by atoms with E-state index in [-0.39, 0.29) is 29.1 Å². The molecule has 1 amide bonds. The highest BCUT2D eigenvalue weighted by Crippen LogP contribution is 2.22. The molecular formula is C17H26ClN3O4S. The molecular weight excluding hydrogens is 378 g/mol. The number of hydrogen-bond acceptors (Lipinski definition) is 5. The molecule has 0 spiro atoms. The van der Waals surface area contributed by atoms with Crippen molar-refractivity contribution in [1.29, 1.82) is 0 Å². The summed E-state index contributed by atoms with van der Waals surface area (Å²) >= 11 is 0. The van der Waals surface area contributed by atoms with Gasteiger partial charge in [-0.3, -0.25) is 4.79 Å². The van der Waals surface area contributed by atoms with E-state index in [0.29, 0.717) is 31.9 Å². The summed E-state index contributed by atoms with van der Waals surface area (Å²) in [5.74, 6) is 0.794. The molecule has 0 aliphatic carbocycles. The van der Waals surface area contributed by atoms with Gasteiger partial charge in [-0.2, -0.15) is 4.31 Å². The number of piperazine rings is 1. The molecule has 146 valence electrons. The lowest BCUT2D eigenvalue weighted by atomic mass is 9.98. The third-order valence-corrected chi connectivity index (χ3v) is 6.81. The van der Waals surface area contributed by atoms with Crippen LogP contribution in [-0.2, 0) is 14.8 Å². The number of rotatable bonds is 4. The van der Waals surface area contributed by atoms with Crippen molar-refractivity contribution in [3.63, 3.8) is 0 Å². The molecule has 0 aromatic heterocycles. The van der Waals surface area contributed by atoms with Crippen LogP contribution in [0.25, 0.3) is 0 Å². The third-order valence-electron chi connectivity index (χ3n) is 4.89. The summed E-state index contributed by atoms with van der Waals surface area (Å²) in [6.07, 6.45) is 1.93. The van der Waals surface area contributed by atoms with E-state index >= 15 is 0 Å². The number of nitrogens with one attached hydrogen (secondary N) is 1. The van der Waals surface area contributed by atoms with Crippen molar-refractivity contribution in [1.82, 2.24) is 14.5 Å². The summed E-state index contributed by atoms with van der Waals surface area (Å²) in [5, 5.41) is 3.25. The average molecular weight is 404 g/mol. The topological polar surface area (TPSA) is 79.0 Å². The number of carbonyl (C=O) groups is 1. The fourth-order valence-electron chi connectivity index (χ4n) is 3.37. The number of carbonyl (C=O) groups excluding carboxylic acids is 1. The first-order valence-corrected chi connectivity index (χ1v) is 10.1. The summed E-state index contributed by atoms with van der Waals surface area (Å²) in [7, 11) is -1.99. The van der Waals surface area contributed by atoms with E-state index in [2.05, 4.69) is 5.32 Å². The minimum Gasteiger partial charge on any atom is -0.497 e. The second-order valence-corrected chi connectivity index (χ2v) is 8.39. The van der Waals surface area contributed by atoms with Crippen LogP contribution in [0.3, 0.4) is 0 Å². The van der Waals surface area contributed by atoms with Crippen LogP contribution in [0.2, 0.25) is 0 Å². The molecule has 2 saturated heterocycles. The van der Waals surface area contributed by atoms with Gasteiger partial charge < -0.3 is 15.0 Å². The first kappa shape index (κ1) is 21.0. The van der Waals surface area contributed by atoms with E-state index in [1.807, 2.05) is 0 Å². The predicted molar refractivity (Wildman–Crippen MR) is 101 cm³/mol. The molecule has 1 unspecified atom stereocenters. The van der Waals surface area contributed by atoms with Crippen LogP contribution in [0.1, 0.15) is 12.8 Å². The number of halogens is 1. The Bertz CT molecular complexity index is 697. The summed E-state index contributed by atoms with van der Waals surface area (Å²) in [4.78, 5) is 14.6. The van der Waals surface area contributed by atoms with Gasteiger partial charge in [-0.05, 0) is 43.7 Å². The first-order chi connectivity index (χ1) is 12.0. The first-order valence-electron chi connectivity index (χ1n) is 8.66. The van der Waals surface area contributed by atoms with Gasteiger partial charge >= 0.3 is 0 Å². The van der Waals surface area contributed by atoms with Gasteiger partial charge in [0.25, 0.3) is 0 Å². The van der Waals surface area contributed by atoms with Crippen molar-refractivity contribution in [2.24, 2.45) is 5.92 Å². The van der Waals surface area contributed by atoms with Crippen LogP contribution in [0.5, 0.6) is 5.75 Å². The molecule has 7 nitrogen and oxygen atoms in total. The largest absolute Gasteiger partial charge is 0.497 e. The molecule has 0 bridgehead atoms. The van der Waals surface area contributed by atoms with Crippen LogP contribution in [0.4, 0.5) is 0 Å². The Labute approximate surface area is 161 Å². The lowest BCUT2D eigenvalue weighted by Crippen LogP contribution is -2.53. The number of nitrogens with zero attached hydrogens (tertiary/aromatic N) is 2. The van der Waals surface area contributed by atoms with Crippen molar-refractivity contribution < 1.29 is 17.9 Å². The lowest BCUT2D eigenvalue weighted by molar-refractivity contribution is -0.137. The second kappa shape index (κ2) is 9.03. The fraction of sp³-hybridized carbons (Fsp3) is 0.588. The molecule has 2 aliphatic rings. The molecule has 1 atom stereocenters. The second-order valence-electron chi connectivity index (χ2n) is 6.45. The Kier molecular flexibility index (Phi) is 7.28. The van der Waals surface area contributed by atoms with Crippen molar-refractivity contribution >= 4 is 28.3 Å². The molecule has 0 saturated carbocycles. The van der Waals surface area contributed by atoms with Crippen molar-refractivity contribution in [3.05, 3.63) is 24.3 Å². The van der Waals surface area contributed by atoms with Gasteiger partial charge in [0, 0.05) is 32.7 Å². The molecule has 2 heterocycles. The SMILES string of the molecule is COc1ccc(S(=O)(=O)N2CCN(C(=O)C3CCCNC3)CC2)cc1.Cl. The van der Waals surface area contributed by atoms with Crippen LogP contribution in [-0.4, -0.2) is 69.9 Å². The Morgan fingerprint density at radius 1 is 1.15 bits per heavy atom. The molecule has 1 aromatic carbocycles. The maximum absolute atomic E-state index is 12.7. The number of amides is 1. The molecule has 3 rings (SSSR count). The zero-order valence-electron chi connectivity index (χ0n) is 14.9. The van der Waals surface area contributed by atoms with Crippen LogP contribution in [0.15, 0.2) is 29.2 Å². The Balaban J connectivity index is 0.00000243. The highest BCUT2D eigenvalue weighted by atomic mass is 35.5.